The van der Waals surface area contributed by atoms with Gasteiger partial charge in [0.05, 0.1) is 25.6 Å². The van der Waals surface area contributed by atoms with E-state index in [4.69, 9.17) is 20.3 Å². The number of methoxy groups -OCH3 is 2. The first-order valence-corrected chi connectivity index (χ1v) is 6.86. The maximum atomic E-state index is 10.8. The van der Waals surface area contributed by atoms with Crippen LogP contribution in [-0.4, -0.2) is 30.3 Å². The second-order valence-corrected chi connectivity index (χ2v) is 4.94. The molecule has 0 saturated carbocycles. The van der Waals surface area contributed by atoms with Gasteiger partial charge in [-0.25, -0.2) is 4.98 Å². The fraction of sp³-hybridized carbons (Fsp3) is 0.231. The summed E-state index contributed by atoms with van der Waals surface area (Å²) in [7, 11) is 3.12. The Labute approximate surface area is 125 Å². The minimum absolute atomic E-state index is 0.303. The number of carbonyl (C=O) groups is 1. The summed E-state index contributed by atoms with van der Waals surface area (Å²) in [6, 6.07) is 4.16. The molecule has 1 aromatic carbocycles. The van der Waals surface area contributed by atoms with Gasteiger partial charge in [0.1, 0.15) is 17.5 Å². The van der Waals surface area contributed by atoms with Crippen LogP contribution in [0.25, 0.3) is 0 Å². The molecule has 0 fully saturated rings. The van der Waals surface area contributed by atoms with Crippen molar-refractivity contribution in [1.29, 1.82) is 0 Å². The van der Waals surface area contributed by atoms with Crippen LogP contribution >= 0.6 is 11.3 Å². The summed E-state index contributed by atoms with van der Waals surface area (Å²) in [6.45, 7) is 0. The molecule has 0 radical (unpaired) electrons. The van der Waals surface area contributed by atoms with E-state index in [9.17, 15) is 4.79 Å². The molecule has 0 amide bonds. The molecule has 1 aromatic heterocycles. The molecule has 2 aromatic rings. The van der Waals surface area contributed by atoms with Gasteiger partial charge in [-0.1, -0.05) is 0 Å². The molecule has 0 saturated heterocycles. The predicted octanol–water partition coefficient (Wildman–Crippen LogP) is 1.99. The van der Waals surface area contributed by atoms with E-state index >= 15 is 0 Å². The Morgan fingerprint density at radius 3 is 2.81 bits per heavy atom. The van der Waals surface area contributed by atoms with E-state index in [1.165, 1.54) is 11.3 Å². The Morgan fingerprint density at radius 1 is 1.43 bits per heavy atom. The fourth-order valence-electron chi connectivity index (χ4n) is 1.64. The van der Waals surface area contributed by atoms with Crippen molar-refractivity contribution < 1.29 is 19.4 Å². The standard InChI is InChI=1S/C13H15N3O4S/c1-19-7-3-4-10(20-2)8(5-7)15-13-16-9(6-21-13)11(14)12(17)18/h3-6,11H,14H2,1-2H3,(H,15,16)(H,17,18). The Morgan fingerprint density at radius 2 is 2.19 bits per heavy atom. The maximum Gasteiger partial charge on any atom is 0.326 e. The summed E-state index contributed by atoms with van der Waals surface area (Å²) >= 11 is 1.26. The Bertz CT molecular complexity index is 644. The van der Waals surface area contributed by atoms with Gasteiger partial charge in [-0.15, -0.1) is 11.3 Å². The average Bonchev–Trinajstić information content (AvgIpc) is 2.94. The first-order valence-electron chi connectivity index (χ1n) is 5.98. The molecule has 0 aliphatic rings. The summed E-state index contributed by atoms with van der Waals surface area (Å²) in [5.41, 5.74) is 6.49. The van der Waals surface area contributed by atoms with Gasteiger partial charge in [0, 0.05) is 11.4 Å². The zero-order valence-corrected chi connectivity index (χ0v) is 12.3. The molecule has 0 aliphatic carbocycles. The lowest BCUT2D eigenvalue weighted by atomic mass is 10.2. The second-order valence-electron chi connectivity index (χ2n) is 4.08. The number of carboxylic acids is 1. The Kier molecular flexibility index (Phi) is 4.61. The van der Waals surface area contributed by atoms with Gasteiger partial charge in [0.25, 0.3) is 0 Å². The van der Waals surface area contributed by atoms with Crippen LogP contribution in [-0.2, 0) is 4.79 Å². The molecule has 1 unspecified atom stereocenters. The number of aliphatic carboxylic acids is 1. The minimum atomic E-state index is -1.14. The van der Waals surface area contributed by atoms with Crippen LogP contribution in [0.15, 0.2) is 23.6 Å². The van der Waals surface area contributed by atoms with Gasteiger partial charge >= 0.3 is 5.97 Å². The molecule has 0 spiro atoms. The zero-order chi connectivity index (χ0) is 15.4. The van der Waals surface area contributed by atoms with Crippen molar-refractivity contribution in [2.75, 3.05) is 19.5 Å². The second kappa shape index (κ2) is 6.42. The van der Waals surface area contributed by atoms with Crippen LogP contribution in [0.5, 0.6) is 11.5 Å². The van der Waals surface area contributed by atoms with Gasteiger partial charge in [-0.05, 0) is 12.1 Å². The van der Waals surface area contributed by atoms with E-state index < -0.39 is 12.0 Å². The molecule has 2 rings (SSSR count). The number of carboxylic acid groups (broad SMARTS) is 1. The molecular formula is C13H15N3O4S. The van der Waals surface area contributed by atoms with E-state index in [0.29, 0.717) is 28.0 Å². The third kappa shape index (κ3) is 3.41. The molecule has 7 nitrogen and oxygen atoms in total. The molecule has 0 aliphatic heterocycles. The monoisotopic (exact) mass is 309 g/mol. The lowest BCUT2D eigenvalue weighted by molar-refractivity contribution is -0.138. The number of hydrogen-bond donors (Lipinski definition) is 3. The summed E-state index contributed by atoms with van der Waals surface area (Å²) in [5, 5.41) is 14.1. The first kappa shape index (κ1) is 15.1. The van der Waals surface area contributed by atoms with Gasteiger partial charge in [0.15, 0.2) is 5.13 Å². The number of ether oxygens (including phenoxy) is 2. The maximum absolute atomic E-state index is 10.8. The van der Waals surface area contributed by atoms with Crippen LogP contribution in [0, 0.1) is 0 Å². The molecule has 0 bridgehead atoms. The van der Waals surface area contributed by atoms with Gasteiger partial charge in [0.2, 0.25) is 0 Å². The van der Waals surface area contributed by atoms with Crippen molar-refractivity contribution in [1.82, 2.24) is 4.98 Å². The quantitative estimate of drug-likeness (QED) is 0.749. The van der Waals surface area contributed by atoms with Crippen molar-refractivity contribution in [2.24, 2.45) is 5.73 Å². The SMILES string of the molecule is COc1ccc(OC)c(Nc2nc(C(N)C(=O)O)cs2)c1. The molecular weight excluding hydrogens is 294 g/mol. The lowest BCUT2D eigenvalue weighted by Gasteiger charge is -2.10. The van der Waals surface area contributed by atoms with Crippen molar-refractivity contribution in [3.63, 3.8) is 0 Å². The highest BCUT2D eigenvalue weighted by Crippen LogP contribution is 2.32. The van der Waals surface area contributed by atoms with E-state index in [0.717, 1.165) is 0 Å². The van der Waals surface area contributed by atoms with Crippen LogP contribution in [0.4, 0.5) is 10.8 Å². The van der Waals surface area contributed by atoms with Crippen LogP contribution in [0.3, 0.4) is 0 Å². The normalized spacial score (nSPS) is 11.8. The third-order valence-corrected chi connectivity index (χ3v) is 3.53. The van der Waals surface area contributed by atoms with Gasteiger partial charge < -0.3 is 25.6 Å². The average molecular weight is 309 g/mol. The molecule has 4 N–H and O–H groups in total. The molecule has 8 heteroatoms. The first-order chi connectivity index (χ1) is 10.0. The van der Waals surface area contributed by atoms with E-state index in [1.54, 1.807) is 37.8 Å². The van der Waals surface area contributed by atoms with E-state index in [2.05, 4.69) is 10.3 Å². The highest BCUT2D eigenvalue weighted by Gasteiger charge is 2.18. The molecule has 112 valence electrons. The number of anilines is 2. The van der Waals surface area contributed by atoms with Crippen LogP contribution < -0.4 is 20.5 Å². The highest BCUT2D eigenvalue weighted by atomic mass is 32.1. The Hall–Kier alpha value is -2.32. The number of nitrogens with zero attached hydrogens (tertiary/aromatic N) is 1. The fourth-order valence-corrected chi connectivity index (χ4v) is 2.40. The Balaban J connectivity index is 2.24. The number of nitrogens with one attached hydrogen (secondary N) is 1. The highest BCUT2D eigenvalue weighted by molar-refractivity contribution is 7.13. The van der Waals surface area contributed by atoms with Crippen molar-refractivity contribution in [2.45, 2.75) is 6.04 Å². The van der Waals surface area contributed by atoms with Crippen LogP contribution in [0.1, 0.15) is 11.7 Å². The zero-order valence-electron chi connectivity index (χ0n) is 11.5. The number of hydrogen-bond acceptors (Lipinski definition) is 7. The smallest absolute Gasteiger partial charge is 0.326 e. The third-order valence-electron chi connectivity index (χ3n) is 2.75. The topological polar surface area (TPSA) is 107 Å². The van der Waals surface area contributed by atoms with E-state index in [1.807, 2.05) is 0 Å². The number of aromatic nitrogens is 1. The number of nitrogens with two attached hydrogens (primary N) is 1. The summed E-state index contributed by atoms with van der Waals surface area (Å²) < 4.78 is 10.4. The summed E-state index contributed by atoms with van der Waals surface area (Å²) in [4.78, 5) is 15.0. The molecule has 1 atom stereocenters. The summed E-state index contributed by atoms with van der Waals surface area (Å²) in [5.74, 6) is 0.165. The number of benzene rings is 1. The van der Waals surface area contributed by atoms with Gasteiger partial charge in [-0.2, -0.15) is 0 Å². The molecule has 21 heavy (non-hydrogen) atoms. The molecule has 1 heterocycles. The van der Waals surface area contributed by atoms with E-state index in [-0.39, 0.29) is 0 Å². The number of thiazole rings is 1. The predicted molar refractivity (Wildman–Crippen MR) is 79.5 cm³/mol. The summed E-state index contributed by atoms with van der Waals surface area (Å²) in [6.07, 6.45) is 0. The number of rotatable bonds is 6. The van der Waals surface area contributed by atoms with Crippen molar-refractivity contribution in [3.05, 3.63) is 29.3 Å². The largest absolute Gasteiger partial charge is 0.497 e. The van der Waals surface area contributed by atoms with Crippen LogP contribution in [0.2, 0.25) is 0 Å². The van der Waals surface area contributed by atoms with Gasteiger partial charge in [-0.3, -0.25) is 4.79 Å². The lowest BCUT2D eigenvalue weighted by Crippen LogP contribution is -2.20. The van der Waals surface area contributed by atoms with Crippen molar-refractivity contribution >= 4 is 28.1 Å². The van der Waals surface area contributed by atoms with Crippen molar-refractivity contribution in [3.8, 4) is 11.5 Å². The minimum Gasteiger partial charge on any atom is -0.497 e.